The SMILES string of the molecule is C=C(C)C(=O)OC(COc1c2ccccc2cc2ccc(C)cc12)c1ccccc1. The molecule has 1 atom stereocenters. The van der Waals surface area contributed by atoms with Gasteiger partial charge in [-0.2, -0.15) is 0 Å². The fraction of sp³-hybridized carbons (Fsp3) is 0.148. The van der Waals surface area contributed by atoms with Crippen LogP contribution in [-0.2, 0) is 9.53 Å². The molecule has 0 saturated heterocycles. The minimum atomic E-state index is -0.533. The van der Waals surface area contributed by atoms with Gasteiger partial charge in [0.2, 0.25) is 0 Å². The van der Waals surface area contributed by atoms with Crippen LogP contribution < -0.4 is 4.74 Å². The van der Waals surface area contributed by atoms with Crippen LogP contribution in [0.2, 0.25) is 0 Å². The number of carbonyl (C=O) groups excluding carboxylic acids is 1. The van der Waals surface area contributed by atoms with Crippen molar-refractivity contribution < 1.29 is 14.3 Å². The van der Waals surface area contributed by atoms with Crippen molar-refractivity contribution in [2.75, 3.05) is 6.61 Å². The van der Waals surface area contributed by atoms with Gasteiger partial charge in [-0.3, -0.25) is 0 Å². The molecule has 0 spiro atoms. The number of esters is 1. The molecule has 0 amide bonds. The van der Waals surface area contributed by atoms with Gasteiger partial charge >= 0.3 is 5.97 Å². The second-order valence-corrected chi connectivity index (χ2v) is 7.55. The smallest absolute Gasteiger partial charge is 0.333 e. The zero-order chi connectivity index (χ0) is 21.1. The molecule has 0 aromatic heterocycles. The molecule has 0 aliphatic rings. The Balaban J connectivity index is 1.75. The predicted molar refractivity (Wildman–Crippen MR) is 122 cm³/mol. The number of ether oxygens (including phenoxy) is 2. The molecule has 3 nitrogen and oxygen atoms in total. The molecule has 0 bridgehead atoms. The van der Waals surface area contributed by atoms with Crippen molar-refractivity contribution in [2.24, 2.45) is 0 Å². The highest BCUT2D eigenvalue weighted by Crippen LogP contribution is 2.36. The van der Waals surface area contributed by atoms with Crippen LogP contribution in [0.4, 0.5) is 0 Å². The summed E-state index contributed by atoms with van der Waals surface area (Å²) in [4.78, 5) is 12.2. The molecule has 4 aromatic carbocycles. The Morgan fingerprint density at radius 3 is 2.37 bits per heavy atom. The molecule has 0 heterocycles. The standard InChI is InChI=1S/C27H24O3/c1-18(2)27(28)30-25(20-9-5-4-6-10-20)17-29-26-23-12-8-7-11-21(23)16-22-14-13-19(3)15-24(22)26/h4-16,25H,1,17H2,2-3H3. The van der Waals surface area contributed by atoms with Gasteiger partial charge < -0.3 is 9.47 Å². The lowest BCUT2D eigenvalue weighted by atomic mass is 10.0. The quantitative estimate of drug-likeness (QED) is 0.211. The summed E-state index contributed by atoms with van der Waals surface area (Å²) in [5.74, 6) is 0.380. The predicted octanol–water partition coefficient (Wildman–Crippen LogP) is 6.54. The first-order valence-corrected chi connectivity index (χ1v) is 9.99. The Bertz CT molecular complexity index is 1230. The molecule has 150 valence electrons. The van der Waals surface area contributed by atoms with Crippen LogP contribution in [0.15, 0.2) is 91.0 Å². The second kappa shape index (κ2) is 8.42. The summed E-state index contributed by atoms with van der Waals surface area (Å²) < 4.78 is 12.1. The topological polar surface area (TPSA) is 35.5 Å². The van der Waals surface area contributed by atoms with Crippen LogP contribution in [0.1, 0.15) is 24.2 Å². The Morgan fingerprint density at radius 2 is 1.60 bits per heavy atom. The molecule has 4 aromatic rings. The summed E-state index contributed by atoms with van der Waals surface area (Å²) in [5.41, 5.74) is 2.41. The van der Waals surface area contributed by atoms with Gasteiger partial charge in [0, 0.05) is 16.3 Å². The van der Waals surface area contributed by atoms with Gasteiger partial charge in [0.1, 0.15) is 12.4 Å². The molecule has 0 saturated carbocycles. The minimum absolute atomic E-state index is 0.208. The first kappa shape index (κ1) is 19.7. The average molecular weight is 396 g/mol. The fourth-order valence-electron chi connectivity index (χ4n) is 3.55. The van der Waals surface area contributed by atoms with E-state index in [9.17, 15) is 4.79 Å². The average Bonchev–Trinajstić information content (AvgIpc) is 2.76. The maximum Gasteiger partial charge on any atom is 0.333 e. The van der Waals surface area contributed by atoms with Gasteiger partial charge in [-0.05, 0) is 42.3 Å². The van der Waals surface area contributed by atoms with Gasteiger partial charge in [0.25, 0.3) is 0 Å². The summed E-state index contributed by atoms with van der Waals surface area (Å²) in [7, 11) is 0. The van der Waals surface area contributed by atoms with E-state index >= 15 is 0 Å². The van der Waals surface area contributed by atoms with Crippen molar-refractivity contribution >= 4 is 27.5 Å². The number of aryl methyl sites for hydroxylation is 1. The Labute approximate surface area is 176 Å². The molecule has 4 rings (SSSR count). The van der Waals surface area contributed by atoms with Crippen LogP contribution in [0.5, 0.6) is 5.75 Å². The van der Waals surface area contributed by atoms with Crippen molar-refractivity contribution in [3.8, 4) is 5.75 Å². The number of hydrogen-bond acceptors (Lipinski definition) is 3. The monoisotopic (exact) mass is 396 g/mol. The molecule has 0 aliphatic heterocycles. The van der Waals surface area contributed by atoms with E-state index in [1.165, 1.54) is 0 Å². The summed E-state index contributed by atoms with van der Waals surface area (Å²) >= 11 is 0. The lowest BCUT2D eigenvalue weighted by Gasteiger charge is -2.21. The summed E-state index contributed by atoms with van der Waals surface area (Å²) in [6.45, 7) is 7.62. The van der Waals surface area contributed by atoms with E-state index in [-0.39, 0.29) is 6.61 Å². The Hall–Kier alpha value is -3.59. The fourth-order valence-corrected chi connectivity index (χ4v) is 3.55. The molecule has 1 unspecified atom stereocenters. The molecule has 0 fully saturated rings. The van der Waals surface area contributed by atoms with Crippen LogP contribution in [0.3, 0.4) is 0 Å². The first-order chi connectivity index (χ1) is 14.5. The number of fused-ring (bicyclic) bond motifs is 2. The number of hydrogen-bond donors (Lipinski definition) is 0. The maximum absolute atomic E-state index is 12.2. The van der Waals surface area contributed by atoms with Gasteiger partial charge in [0.15, 0.2) is 6.10 Å². The minimum Gasteiger partial charge on any atom is -0.488 e. The van der Waals surface area contributed by atoms with E-state index in [4.69, 9.17) is 9.47 Å². The zero-order valence-corrected chi connectivity index (χ0v) is 17.2. The lowest BCUT2D eigenvalue weighted by molar-refractivity contribution is -0.146. The van der Waals surface area contributed by atoms with Crippen molar-refractivity contribution in [1.82, 2.24) is 0 Å². The molecule has 0 N–H and O–H groups in total. The highest BCUT2D eigenvalue weighted by Gasteiger charge is 2.19. The molecule has 0 aliphatic carbocycles. The molecule has 30 heavy (non-hydrogen) atoms. The van der Waals surface area contributed by atoms with E-state index in [2.05, 4.69) is 49.9 Å². The van der Waals surface area contributed by atoms with Crippen LogP contribution in [0, 0.1) is 6.92 Å². The van der Waals surface area contributed by atoms with Gasteiger partial charge in [-0.15, -0.1) is 0 Å². The maximum atomic E-state index is 12.2. The van der Waals surface area contributed by atoms with Gasteiger partial charge in [0.05, 0.1) is 0 Å². The van der Waals surface area contributed by atoms with E-state index in [1.807, 2.05) is 42.5 Å². The van der Waals surface area contributed by atoms with Gasteiger partial charge in [-0.25, -0.2) is 4.79 Å². The molecule has 0 radical (unpaired) electrons. The van der Waals surface area contributed by atoms with Crippen LogP contribution in [0.25, 0.3) is 21.5 Å². The first-order valence-electron chi connectivity index (χ1n) is 9.99. The van der Waals surface area contributed by atoms with Gasteiger partial charge in [-0.1, -0.05) is 78.9 Å². The highest BCUT2D eigenvalue weighted by atomic mass is 16.6. The summed E-state index contributed by atoms with van der Waals surface area (Å²) in [6.07, 6.45) is -0.533. The van der Waals surface area contributed by atoms with E-state index in [1.54, 1.807) is 6.92 Å². The van der Waals surface area contributed by atoms with Crippen LogP contribution >= 0.6 is 0 Å². The normalized spacial score (nSPS) is 11.9. The largest absolute Gasteiger partial charge is 0.488 e. The van der Waals surface area contributed by atoms with Crippen molar-refractivity contribution in [3.05, 3.63) is 102 Å². The lowest BCUT2D eigenvalue weighted by Crippen LogP contribution is -2.18. The van der Waals surface area contributed by atoms with E-state index < -0.39 is 12.1 Å². The Kier molecular flexibility index (Phi) is 5.53. The summed E-state index contributed by atoms with van der Waals surface area (Å²) in [5, 5.41) is 4.31. The highest BCUT2D eigenvalue weighted by molar-refractivity contribution is 6.05. The van der Waals surface area contributed by atoms with Crippen molar-refractivity contribution in [3.63, 3.8) is 0 Å². The third kappa shape index (κ3) is 4.06. The third-order valence-electron chi connectivity index (χ3n) is 5.12. The number of carbonyl (C=O) groups is 1. The Morgan fingerprint density at radius 1 is 0.900 bits per heavy atom. The van der Waals surface area contributed by atoms with E-state index in [0.29, 0.717) is 5.57 Å². The number of benzene rings is 4. The van der Waals surface area contributed by atoms with Crippen molar-refractivity contribution in [2.45, 2.75) is 20.0 Å². The molecular formula is C27H24O3. The zero-order valence-electron chi connectivity index (χ0n) is 17.2. The van der Waals surface area contributed by atoms with Crippen LogP contribution in [-0.4, -0.2) is 12.6 Å². The molecular weight excluding hydrogens is 372 g/mol. The van der Waals surface area contributed by atoms with E-state index in [0.717, 1.165) is 38.4 Å². The third-order valence-corrected chi connectivity index (χ3v) is 5.12. The summed E-state index contributed by atoms with van der Waals surface area (Å²) in [6, 6.07) is 26.3. The molecule has 3 heteroatoms. The van der Waals surface area contributed by atoms with Crippen molar-refractivity contribution in [1.29, 1.82) is 0 Å². The second-order valence-electron chi connectivity index (χ2n) is 7.55. The number of rotatable bonds is 6.